The van der Waals surface area contributed by atoms with Crippen LogP contribution >= 0.6 is 27.5 Å². The molecule has 0 bridgehead atoms. The van der Waals surface area contributed by atoms with Crippen molar-refractivity contribution in [3.63, 3.8) is 0 Å². The maximum absolute atomic E-state index is 12.2. The Morgan fingerprint density at radius 2 is 1.75 bits per heavy atom. The molecular weight excluding hydrogens is 357 g/mol. The average Bonchev–Trinajstić information content (AvgIpc) is 2.40. The Morgan fingerprint density at radius 1 is 1.10 bits per heavy atom. The molecule has 7 heteroatoms. The highest BCUT2D eigenvalue weighted by atomic mass is 79.9. The quantitative estimate of drug-likeness (QED) is 0.711. The van der Waals surface area contributed by atoms with Crippen LogP contribution in [-0.4, -0.2) is 16.1 Å². The van der Waals surface area contributed by atoms with Crippen LogP contribution in [0.4, 0.5) is 13.2 Å². The van der Waals surface area contributed by atoms with Gasteiger partial charge in [0.05, 0.1) is 16.6 Å². The predicted octanol–water partition coefficient (Wildman–Crippen LogP) is 5.05. The molecule has 2 nitrogen and oxygen atoms in total. The van der Waals surface area contributed by atoms with E-state index in [1.165, 1.54) is 0 Å². The first-order valence-electron chi connectivity index (χ1n) is 5.71. The minimum atomic E-state index is -4.24. The van der Waals surface area contributed by atoms with Crippen molar-refractivity contribution in [3.8, 4) is 11.3 Å². The molecule has 0 aliphatic rings. The van der Waals surface area contributed by atoms with E-state index in [9.17, 15) is 13.2 Å². The molecule has 0 saturated carbocycles. The molecule has 0 amide bonds. The minimum absolute atomic E-state index is 0.0781. The molecule has 20 heavy (non-hydrogen) atoms. The molecule has 0 radical (unpaired) electrons. The second kappa shape index (κ2) is 6.10. The van der Waals surface area contributed by atoms with Gasteiger partial charge in [0.25, 0.3) is 0 Å². The lowest BCUT2D eigenvalue weighted by Gasteiger charge is -2.09. The summed E-state index contributed by atoms with van der Waals surface area (Å²) in [5.74, 6) is 0.0781. The number of benzene rings is 1. The summed E-state index contributed by atoms with van der Waals surface area (Å²) in [5.41, 5.74) is 1.25. The van der Waals surface area contributed by atoms with E-state index in [-0.39, 0.29) is 17.4 Å². The second-order valence-corrected chi connectivity index (χ2v) is 5.23. The Morgan fingerprint density at radius 3 is 2.35 bits per heavy atom. The molecule has 0 fully saturated rings. The van der Waals surface area contributed by atoms with E-state index in [1.54, 1.807) is 12.1 Å². The molecule has 0 aliphatic carbocycles. The fourth-order valence-electron chi connectivity index (χ4n) is 1.62. The van der Waals surface area contributed by atoms with Gasteiger partial charge in [-0.25, -0.2) is 9.97 Å². The minimum Gasteiger partial charge on any atom is -0.232 e. The topological polar surface area (TPSA) is 25.8 Å². The van der Waals surface area contributed by atoms with Gasteiger partial charge in [0.15, 0.2) is 0 Å². The van der Waals surface area contributed by atoms with Gasteiger partial charge in [-0.1, -0.05) is 41.9 Å². The Hall–Kier alpha value is -1.14. The first-order valence-corrected chi connectivity index (χ1v) is 6.88. The van der Waals surface area contributed by atoms with E-state index in [0.717, 1.165) is 5.56 Å². The number of aromatic nitrogens is 2. The first-order chi connectivity index (χ1) is 9.37. The van der Waals surface area contributed by atoms with Gasteiger partial charge in [0.1, 0.15) is 11.0 Å². The van der Waals surface area contributed by atoms with E-state index in [4.69, 9.17) is 11.6 Å². The van der Waals surface area contributed by atoms with Gasteiger partial charge in [0.2, 0.25) is 0 Å². The lowest BCUT2D eigenvalue weighted by Crippen LogP contribution is -2.10. The lowest BCUT2D eigenvalue weighted by molar-refractivity contribution is -0.134. The number of aryl methyl sites for hydroxylation is 1. The van der Waals surface area contributed by atoms with Gasteiger partial charge in [0, 0.05) is 12.0 Å². The zero-order valence-electron chi connectivity index (χ0n) is 10.1. The van der Waals surface area contributed by atoms with Gasteiger partial charge in [-0.05, 0) is 15.9 Å². The summed E-state index contributed by atoms with van der Waals surface area (Å²) in [6.45, 7) is 0. The summed E-state index contributed by atoms with van der Waals surface area (Å²) in [6, 6.07) is 9.07. The molecule has 0 N–H and O–H groups in total. The highest BCUT2D eigenvalue weighted by Gasteiger charge is 2.27. The van der Waals surface area contributed by atoms with Crippen molar-refractivity contribution >= 4 is 27.5 Å². The highest BCUT2D eigenvalue weighted by molar-refractivity contribution is 9.10. The van der Waals surface area contributed by atoms with Crippen molar-refractivity contribution in [1.29, 1.82) is 0 Å². The monoisotopic (exact) mass is 364 g/mol. The van der Waals surface area contributed by atoms with Crippen molar-refractivity contribution < 1.29 is 13.2 Å². The first kappa shape index (κ1) is 15.3. The zero-order valence-corrected chi connectivity index (χ0v) is 12.4. The van der Waals surface area contributed by atoms with Crippen LogP contribution < -0.4 is 0 Å². The Balaban J connectivity index is 2.35. The maximum atomic E-state index is 12.2. The smallest absolute Gasteiger partial charge is 0.232 e. The predicted molar refractivity (Wildman–Crippen MR) is 74.6 cm³/mol. The maximum Gasteiger partial charge on any atom is 0.389 e. The molecule has 0 spiro atoms. The number of rotatable bonds is 3. The third-order valence-electron chi connectivity index (χ3n) is 2.54. The van der Waals surface area contributed by atoms with E-state index >= 15 is 0 Å². The molecule has 0 aliphatic heterocycles. The highest BCUT2D eigenvalue weighted by Crippen LogP contribution is 2.32. The van der Waals surface area contributed by atoms with Crippen LogP contribution in [0.2, 0.25) is 5.15 Å². The number of hydrogen-bond donors (Lipinski definition) is 0. The van der Waals surface area contributed by atoms with Crippen LogP contribution in [0.3, 0.4) is 0 Å². The van der Waals surface area contributed by atoms with Crippen LogP contribution in [0.5, 0.6) is 0 Å². The second-order valence-electron chi connectivity index (χ2n) is 4.07. The fourth-order valence-corrected chi connectivity index (χ4v) is 2.21. The number of hydrogen-bond acceptors (Lipinski definition) is 2. The average molecular weight is 366 g/mol. The Kier molecular flexibility index (Phi) is 4.65. The van der Waals surface area contributed by atoms with Gasteiger partial charge >= 0.3 is 6.18 Å². The number of alkyl halides is 3. The molecule has 0 unspecified atom stereocenters. The summed E-state index contributed by atoms with van der Waals surface area (Å²) in [5, 5.41) is 0.107. The largest absolute Gasteiger partial charge is 0.389 e. The van der Waals surface area contributed by atoms with Crippen molar-refractivity contribution in [2.45, 2.75) is 19.0 Å². The molecule has 1 heterocycles. The summed E-state index contributed by atoms with van der Waals surface area (Å²) >= 11 is 9.20. The Bertz CT molecular complexity index is 603. The van der Waals surface area contributed by atoms with Gasteiger partial charge in [-0.15, -0.1) is 0 Å². The van der Waals surface area contributed by atoms with E-state index < -0.39 is 12.6 Å². The number of halogens is 5. The summed E-state index contributed by atoms with van der Waals surface area (Å²) in [6.07, 6.45) is -5.51. The molecule has 2 aromatic rings. The summed E-state index contributed by atoms with van der Waals surface area (Å²) in [4.78, 5) is 8.03. The molecule has 106 valence electrons. The van der Waals surface area contributed by atoms with E-state index in [1.807, 2.05) is 18.2 Å². The molecule has 1 aromatic heterocycles. The van der Waals surface area contributed by atoms with Crippen LogP contribution in [-0.2, 0) is 6.42 Å². The van der Waals surface area contributed by atoms with Crippen LogP contribution in [0.25, 0.3) is 11.3 Å². The van der Waals surface area contributed by atoms with Crippen molar-refractivity contribution in [2.75, 3.05) is 0 Å². The molecule has 1 aromatic carbocycles. The standard InChI is InChI=1S/C13H9BrClF3N2/c14-10-11(8-4-2-1-3-5-8)19-9(20-12(10)15)6-7-13(16,17)18/h1-5H,6-7H2. The van der Waals surface area contributed by atoms with Crippen molar-refractivity contribution in [1.82, 2.24) is 9.97 Å². The summed E-state index contributed by atoms with van der Waals surface area (Å²) in [7, 11) is 0. The van der Waals surface area contributed by atoms with Crippen LogP contribution in [0.15, 0.2) is 34.8 Å². The van der Waals surface area contributed by atoms with Gasteiger partial charge in [-0.3, -0.25) is 0 Å². The molecular formula is C13H9BrClF3N2. The van der Waals surface area contributed by atoms with Crippen LogP contribution in [0, 0.1) is 0 Å². The zero-order chi connectivity index (χ0) is 14.8. The Labute approximate surface area is 127 Å². The van der Waals surface area contributed by atoms with E-state index in [2.05, 4.69) is 25.9 Å². The normalized spacial score (nSPS) is 11.7. The van der Waals surface area contributed by atoms with Gasteiger partial charge in [-0.2, -0.15) is 13.2 Å². The van der Waals surface area contributed by atoms with Crippen molar-refractivity contribution in [2.24, 2.45) is 0 Å². The lowest BCUT2D eigenvalue weighted by atomic mass is 10.1. The SMILES string of the molecule is FC(F)(F)CCc1nc(Cl)c(Br)c(-c2ccccc2)n1. The third-order valence-corrected chi connectivity index (χ3v) is 3.79. The van der Waals surface area contributed by atoms with Crippen LogP contribution in [0.1, 0.15) is 12.2 Å². The van der Waals surface area contributed by atoms with E-state index in [0.29, 0.717) is 10.2 Å². The van der Waals surface area contributed by atoms with Gasteiger partial charge < -0.3 is 0 Å². The molecule has 0 saturated heterocycles. The number of nitrogens with zero attached hydrogens (tertiary/aromatic N) is 2. The molecule has 0 atom stereocenters. The fraction of sp³-hybridized carbons (Fsp3) is 0.231. The van der Waals surface area contributed by atoms with Crippen molar-refractivity contribution in [3.05, 3.63) is 45.8 Å². The molecule has 2 rings (SSSR count). The summed E-state index contributed by atoms with van der Waals surface area (Å²) < 4.78 is 37.2. The third kappa shape index (κ3) is 3.93.